The molecule has 1 N–H and O–H groups in total. The van der Waals surface area contributed by atoms with Crippen LogP contribution in [0.15, 0.2) is 11.6 Å². The molecule has 2 aromatic rings. The maximum absolute atomic E-state index is 12.4. The van der Waals surface area contributed by atoms with Crippen LogP contribution >= 0.6 is 22.7 Å². The first-order chi connectivity index (χ1) is 10.8. The third-order valence-corrected chi connectivity index (χ3v) is 5.18. The van der Waals surface area contributed by atoms with Crippen molar-refractivity contribution < 1.29 is 14.3 Å². The third-order valence-electron chi connectivity index (χ3n) is 3.05. The molecule has 3 rings (SSSR count). The van der Waals surface area contributed by atoms with Gasteiger partial charge >= 0.3 is 6.09 Å². The van der Waals surface area contributed by atoms with E-state index < -0.39 is 17.6 Å². The van der Waals surface area contributed by atoms with E-state index in [0.717, 1.165) is 27.7 Å². The molecule has 0 spiro atoms. The Morgan fingerprint density at radius 2 is 2.04 bits per heavy atom. The van der Waals surface area contributed by atoms with Gasteiger partial charge in [0.25, 0.3) is 5.91 Å². The van der Waals surface area contributed by atoms with E-state index >= 15 is 0 Å². The zero-order valence-electron chi connectivity index (χ0n) is 13.1. The van der Waals surface area contributed by atoms with Gasteiger partial charge in [-0.1, -0.05) is 0 Å². The van der Waals surface area contributed by atoms with Gasteiger partial charge in [-0.05, 0) is 39.5 Å². The van der Waals surface area contributed by atoms with Gasteiger partial charge in [0.1, 0.15) is 11.3 Å². The van der Waals surface area contributed by atoms with E-state index in [0.29, 0.717) is 11.6 Å². The first-order valence-electron chi connectivity index (χ1n) is 7.28. The number of nitrogens with zero attached hydrogens (tertiary/aromatic N) is 2. The third kappa shape index (κ3) is 3.94. The topological polar surface area (TPSA) is 81.2 Å². The second-order valence-corrected chi connectivity index (χ2v) is 8.22. The Morgan fingerprint density at radius 1 is 1.30 bits per heavy atom. The Balaban J connectivity index is 1.81. The summed E-state index contributed by atoms with van der Waals surface area (Å²) < 4.78 is 5.12. The van der Waals surface area contributed by atoms with Crippen molar-refractivity contribution in [2.45, 2.75) is 45.1 Å². The van der Waals surface area contributed by atoms with Crippen molar-refractivity contribution in [3.63, 3.8) is 0 Å². The fraction of sp³-hybridized carbons (Fsp3) is 0.467. The highest BCUT2D eigenvalue weighted by molar-refractivity contribution is 7.20. The molecule has 2 amide bonds. The normalized spacial score (nSPS) is 14.6. The molecule has 122 valence electrons. The van der Waals surface area contributed by atoms with Crippen molar-refractivity contribution in [2.75, 3.05) is 0 Å². The first-order valence-corrected chi connectivity index (χ1v) is 8.98. The smallest absolute Gasteiger partial charge is 0.414 e. The van der Waals surface area contributed by atoms with Gasteiger partial charge < -0.3 is 4.74 Å². The van der Waals surface area contributed by atoms with Gasteiger partial charge in [0.05, 0.1) is 0 Å². The Hall–Kier alpha value is -1.80. The fourth-order valence-corrected chi connectivity index (χ4v) is 3.90. The molecule has 6 nitrogen and oxygen atoms in total. The van der Waals surface area contributed by atoms with Crippen molar-refractivity contribution >= 4 is 34.7 Å². The van der Waals surface area contributed by atoms with Crippen molar-refractivity contribution in [3.05, 3.63) is 22.1 Å². The van der Waals surface area contributed by atoms with Gasteiger partial charge in [0, 0.05) is 16.5 Å². The number of ether oxygens (including phenoxy) is 1. The Labute approximate surface area is 141 Å². The number of amides is 2. The van der Waals surface area contributed by atoms with E-state index in [9.17, 15) is 9.59 Å². The van der Waals surface area contributed by atoms with Crippen LogP contribution in [0, 0.1) is 0 Å². The second kappa shape index (κ2) is 6.01. The number of imide groups is 1. The number of thiazole rings is 2. The van der Waals surface area contributed by atoms with Crippen LogP contribution < -0.4 is 5.32 Å². The molecular formula is C15H17N3O3S2. The SMILES string of the molecule is CC(C)(C)OC(=O)NC(=O)c1nc(-c2nccs2)sc1C1CC1. The monoisotopic (exact) mass is 351 g/mol. The van der Waals surface area contributed by atoms with Crippen LogP contribution in [0.4, 0.5) is 4.79 Å². The zero-order chi connectivity index (χ0) is 16.6. The minimum absolute atomic E-state index is 0.313. The second-order valence-electron chi connectivity index (χ2n) is 6.30. The van der Waals surface area contributed by atoms with Crippen molar-refractivity contribution in [1.29, 1.82) is 0 Å². The number of nitrogens with one attached hydrogen (secondary N) is 1. The number of carbonyl (C=O) groups is 2. The molecule has 0 saturated heterocycles. The summed E-state index contributed by atoms with van der Waals surface area (Å²) in [4.78, 5) is 33.7. The van der Waals surface area contributed by atoms with E-state index in [2.05, 4.69) is 15.3 Å². The summed E-state index contributed by atoms with van der Waals surface area (Å²) in [6.07, 6.45) is 3.05. The predicted molar refractivity (Wildman–Crippen MR) is 88.9 cm³/mol. The molecule has 1 aliphatic rings. The zero-order valence-corrected chi connectivity index (χ0v) is 14.7. The molecular weight excluding hydrogens is 334 g/mol. The molecule has 0 radical (unpaired) electrons. The highest BCUT2D eigenvalue weighted by Gasteiger charge is 2.33. The van der Waals surface area contributed by atoms with Gasteiger partial charge in [-0.25, -0.2) is 14.8 Å². The van der Waals surface area contributed by atoms with Crippen molar-refractivity contribution in [1.82, 2.24) is 15.3 Å². The van der Waals surface area contributed by atoms with Gasteiger partial charge in [-0.3, -0.25) is 10.1 Å². The minimum atomic E-state index is -0.756. The van der Waals surface area contributed by atoms with Gasteiger partial charge in [-0.2, -0.15) is 0 Å². The van der Waals surface area contributed by atoms with Gasteiger partial charge in [0.15, 0.2) is 10.0 Å². The summed E-state index contributed by atoms with van der Waals surface area (Å²) in [5, 5.41) is 5.63. The van der Waals surface area contributed by atoms with Crippen molar-refractivity contribution in [2.24, 2.45) is 0 Å². The average molecular weight is 351 g/mol. The van der Waals surface area contributed by atoms with Crippen LogP contribution in [-0.2, 0) is 4.74 Å². The molecule has 0 atom stereocenters. The average Bonchev–Trinajstić information content (AvgIpc) is 2.98. The fourth-order valence-electron chi connectivity index (χ4n) is 1.99. The highest BCUT2D eigenvalue weighted by Crippen LogP contribution is 2.46. The van der Waals surface area contributed by atoms with Crippen LogP contribution in [0.5, 0.6) is 0 Å². The number of hydrogen-bond acceptors (Lipinski definition) is 7. The molecule has 0 bridgehead atoms. The lowest BCUT2D eigenvalue weighted by molar-refractivity contribution is 0.0507. The maximum atomic E-state index is 12.4. The summed E-state index contributed by atoms with van der Waals surface area (Å²) in [7, 11) is 0. The summed E-state index contributed by atoms with van der Waals surface area (Å²) in [5.74, 6) is -0.152. The van der Waals surface area contributed by atoms with Crippen LogP contribution in [0.3, 0.4) is 0 Å². The van der Waals surface area contributed by atoms with Gasteiger partial charge in [-0.15, -0.1) is 22.7 Å². The first kappa shape index (κ1) is 16.1. The molecule has 1 aliphatic carbocycles. The number of aromatic nitrogens is 2. The van der Waals surface area contributed by atoms with E-state index in [1.54, 1.807) is 27.0 Å². The lowest BCUT2D eigenvalue weighted by Crippen LogP contribution is -2.36. The minimum Gasteiger partial charge on any atom is -0.444 e. The van der Waals surface area contributed by atoms with Crippen LogP contribution in [0.25, 0.3) is 10.0 Å². The van der Waals surface area contributed by atoms with E-state index in [-0.39, 0.29) is 0 Å². The molecule has 8 heteroatoms. The molecule has 1 saturated carbocycles. The predicted octanol–water partition coefficient (Wildman–Crippen LogP) is 3.81. The molecule has 2 heterocycles. The molecule has 2 aromatic heterocycles. The molecule has 0 aliphatic heterocycles. The number of alkyl carbamates (subject to hydrolysis) is 1. The standard InChI is InChI=1S/C15H17N3O3S2/c1-15(2,3)21-14(20)18-11(19)9-10(8-4-5-8)23-13(17-9)12-16-6-7-22-12/h6-8H,4-5H2,1-3H3,(H,18,19,20). The largest absolute Gasteiger partial charge is 0.444 e. The Morgan fingerprint density at radius 3 is 2.61 bits per heavy atom. The molecule has 0 aromatic carbocycles. The number of carbonyl (C=O) groups excluding carboxylic acids is 2. The summed E-state index contributed by atoms with van der Waals surface area (Å²) in [6.45, 7) is 5.24. The van der Waals surface area contributed by atoms with Gasteiger partial charge in [0.2, 0.25) is 0 Å². The quantitative estimate of drug-likeness (QED) is 0.909. The Bertz CT molecular complexity index is 728. The number of rotatable bonds is 3. The lowest BCUT2D eigenvalue weighted by atomic mass is 10.2. The van der Waals surface area contributed by atoms with Crippen LogP contribution in [0.1, 0.15) is 54.9 Å². The van der Waals surface area contributed by atoms with E-state index in [1.807, 2.05) is 5.38 Å². The van der Waals surface area contributed by atoms with Crippen LogP contribution in [0.2, 0.25) is 0 Å². The van der Waals surface area contributed by atoms with Crippen molar-refractivity contribution in [3.8, 4) is 10.0 Å². The maximum Gasteiger partial charge on any atom is 0.414 e. The molecule has 23 heavy (non-hydrogen) atoms. The summed E-state index contributed by atoms with van der Waals surface area (Å²) >= 11 is 2.96. The van der Waals surface area contributed by atoms with E-state index in [4.69, 9.17) is 4.74 Å². The summed E-state index contributed by atoms with van der Waals surface area (Å²) in [5.41, 5.74) is -0.341. The Kier molecular flexibility index (Phi) is 4.20. The number of hydrogen-bond donors (Lipinski definition) is 1. The van der Waals surface area contributed by atoms with E-state index in [1.165, 1.54) is 22.7 Å². The lowest BCUT2D eigenvalue weighted by Gasteiger charge is -2.19. The molecule has 1 fully saturated rings. The summed E-state index contributed by atoms with van der Waals surface area (Å²) in [6, 6.07) is 0. The molecule has 0 unspecified atom stereocenters. The van der Waals surface area contributed by atoms with Crippen LogP contribution in [-0.4, -0.2) is 27.6 Å². The highest BCUT2D eigenvalue weighted by atomic mass is 32.1.